The molecule has 0 saturated heterocycles. The number of nitro groups is 1. The molecular weight excluding hydrogens is 570 g/mol. The minimum Gasteiger partial charge on any atom is -0.444 e. The van der Waals surface area contributed by atoms with Crippen LogP contribution in [0.4, 0.5) is 11.4 Å². The molecule has 10 heteroatoms. The minimum absolute atomic E-state index is 0.132. The lowest BCUT2D eigenvalue weighted by Crippen LogP contribution is -2.26. The van der Waals surface area contributed by atoms with Gasteiger partial charge in [-0.1, -0.05) is 60.7 Å². The fourth-order valence-corrected chi connectivity index (χ4v) is 5.29. The predicted molar refractivity (Wildman–Crippen MR) is 149 cm³/mol. The van der Waals surface area contributed by atoms with Crippen molar-refractivity contribution in [3.8, 4) is 10.6 Å². The Hall–Kier alpha value is -4.41. The summed E-state index contributed by atoms with van der Waals surface area (Å²) in [5.41, 5.74) is 2.33. The molecule has 1 amide bonds. The van der Waals surface area contributed by atoms with Crippen molar-refractivity contribution in [3.63, 3.8) is 0 Å². The lowest BCUT2D eigenvalue weighted by molar-refractivity contribution is -0.384. The monoisotopic (exact) mass is 587 g/mol. The van der Waals surface area contributed by atoms with Crippen molar-refractivity contribution in [1.82, 2.24) is 4.98 Å². The van der Waals surface area contributed by atoms with Gasteiger partial charge < -0.3 is 10.1 Å². The average molecular weight is 588 g/mol. The van der Waals surface area contributed by atoms with E-state index in [1.165, 1.54) is 29.5 Å². The van der Waals surface area contributed by atoms with E-state index in [9.17, 15) is 19.7 Å². The maximum Gasteiger partial charge on any atom is 0.339 e. The first-order chi connectivity index (χ1) is 18.4. The third-order valence-electron chi connectivity index (χ3n) is 5.66. The fraction of sp³-hybridized carbons (Fsp3) is 0.0357. The van der Waals surface area contributed by atoms with Gasteiger partial charge in [0.1, 0.15) is 5.01 Å². The quantitative estimate of drug-likeness (QED) is 0.123. The number of rotatable bonds is 7. The molecule has 0 fully saturated rings. The van der Waals surface area contributed by atoms with E-state index in [0.717, 1.165) is 10.2 Å². The van der Waals surface area contributed by atoms with Crippen molar-refractivity contribution >= 4 is 60.7 Å². The molecule has 0 radical (unpaired) electrons. The highest BCUT2D eigenvalue weighted by Crippen LogP contribution is 2.34. The van der Waals surface area contributed by atoms with Gasteiger partial charge in [0.25, 0.3) is 11.6 Å². The van der Waals surface area contributed by atoms with E-state index in [2.05, 4.69) is 26.2 Å². The van der Waals surface area contributed by atoms with Crippen LogP contribution in [-0.2, 0) is 9.53 Å². The molecule has 5 rings (SSSR count). The van der Waals surface area contributed by atoms with Gasteiger partial charge in [-0.15, -0.1) is 11.3 Å². The Labute approximate surface area is 229 Å². The lowest BCUT2D eigenvalue weighted by Gasteiger charge is -2.19. The number of amides is 1. The molecule has 188 valence electrons. The van der Waals surface area contributed by atoms with Crippen LogP contribution in [0.3, 0.4) is 0 Å². The van der Waals surface area contributed by atoms with Gasteiger partial charge in [-0.2, -0.15) is 0 Å². The summed E-state index contributed by atoms with van der Waals surface area (Å²) in [6.45, 7) is 0. The molecule has 0 saturated carbocycles. The van der Waals surface area contributed by atoms with Crippen LogP contribution in [0.25, 0.3) is 20.8 Å². The first-order valence-electron chi connectivity index (χ1n) is 11.4. The Morgan fingerprint density at radius 3 is 2.39 bits per heavy atom. The highest BCUT2D eigenvalue weighted by molar-refractivity contribution is 9.10. The van der Waals surface area contributed by atoms with E-state index < -0.39 is 22.9 Å². The van der Waals surface area contributed by atoms with Crippen LogP contribution < -0.4 is 5.32 Å². The molecule has 5 aromatic rings. The molecule has 8 nitrogen and oxygen atoms in total. The molecule has 1 unspecified atom stereocenters. The summed E-state index contributed by atoms with van der Waals surface area (Å²) in [4.78, 5) is 42.0. The van der Waals surface area contributed by atoms with E-state index >= 15 is 0 Å². The van der Waals surface area contributed by atoms with E-state index in [4.69, 9.17) is 4.74 Å². The van der Waals surface area contributed by atoms with Gasteiger partial charge >= 0.3 is 5.97 Å². The number of thiazole rings is 1. The van der Waals surface area contributed by atoms with Crippen LogP contribution in [0.5, 0.6) is 0 Å². The van der Waals surface area contributed by atoms with Crippen molar-refractivity contribution in [1.29, 1.82) is 0 Å². The zero-order valence-corrected chi connectivity index (χ0v) is 21.9. The molecular formula is C28H18BrN3O5S. The molecule has 0 aliphatic carbocycles. The van der Waals surface area contributed by atoms with Crippen molar-refractivity contribution in [2.75, 3.05) is 5.32 Å². The molecule has 0 aliphatic heterocycles. The molecule has 0 spiro atoms. The Morgan fingerprint density at radius 1 is 0.947 bits per heavy atom. The third-order valence-corrected chi connectivity index (χ3v) is 7.38. The number of hydrogen-bond donors (Lipinski definition) is 1. The number of carbonyl (C=O) groups is 2. The smallest absolute Gasteiger partial charge is 0.339 e. The van der Waals surface area contributed by atoms with Gasteiger partial charge in [0.15, 0.2) is 0 Å². The highest BCUT2D eigenvalue weighted by atomic mass is 79.9. The van der Waals surface area contributed by atoms with E-state index in [0.29, 0.717) is 26.3 Å². The van der Waals surface area contributed by atoms with Gasteiger partial charge in [-0.3, -0.25) is 14.9 Å². The number of fused-ring (bicyclic) bond motifs is 1. The maximum atomic E-state index is 13.5. The average Bonchev–Trinajstić information content (AvgIpc) is 3.37. The second kappa shape index (κ2) is 10.9. The second-order valence-electron chi connectivity index (χ2n) is 8.14. The summed E-state index contributed by atoms with van der Waals surface area (Å²) in [5, 5.41) is 14.4. The Kier molecular flexibility index (Phi) is 7.25. The predicted octanol–water partition coefficient (Wildman–Crippen LogP) is 7.17. The molecule has 1 aromatic heterocycles. The topological polar surface area (TPSA) is 111 Å². The number of nitro benzene ring substituents is 1. The van der Waals surface area contributed by atoms with Crippen LogP contribution in [0.1, 0.15) is 22.0 Å². The summed E-state index contributed by atoms with van der Waals surface area (Å²) >= 11 is 4.71. The number of nitrogens with zero attached hydrogens (tertiary/aromatic N) is 2. The third kappa shape index (κ3) is 5.31. The Bertz CT molecular complexity index is 1640. The van der Waals surface area contributed by atoms with Crippen molar-refractivity contribution in [2.24, 2.45) is 0 Å². The number of halogens is 1. The molecule has 1 N–H and O–H groups in total. The number of para-hydroxylation sites is 1. The Balaban J connectivity index is 1.45. The maximum absolute atomic E-state index is 13.5. The Morgan fingerprint density at radius 2 is 1.66 bits per heavy atom. The first kappa shape index (κ1) is 25.2. The molecule has 38 heavy (non-hydrogen) atoms. The van der Waals surface area contributed by atoms with Crippen molar-refractivity contribution in [2.45, 2.75) is 6.10 Å². The van der Waals surface area contributed by atoms with E-state index in [-0.39, 0.29) is 11.3 Å². The van der Waals surface area contributed by atoms with Crippen LogP contribution >= 0.6 is 27.3 Å². The summed E-state index contributed by atoms with van der Waals surface area (Å²) in [7, 11) is 0. The zero-order valence-electron chi connectivity index (χ0n) is 19.5. The van der Waals surface area contributed by atoms with Crippen LogP contribution in [0.15, 0.2) is 102 Å². The number of hydrogen-bond acceptors (Lipinski definition) is 7. The standard InChI is InChI=1S/C28H18BrN3O5S/c29-21-16-18(32(35)36)14-15-22(21)30-26(33)25(17-8-2-1-3-9-17)37-28(34)20-11-5-4-10-19(20)27-31-23-12-6-7-13-24(23)38-27/h1-16,25H,(H,30,33). The largest absolute Gasteiger partial charge is 0.444 e. The van der Waals surface area contributed by atoms with Crippen molar-refractivity contribution in [3.05, 3.63) is 123 Å². The fourth-order valence-electron chi connectivity index (χ4n) is 3.82. The number of benzene rings is 4. The van der Waals surface area contributed by atoms with E-state index in [1.807, 2.05) is 30.3 Å². The van der Waals surface area contributed by atoms with Crippen molar-refractivity contribution < 1.29 is 19.2 Å². The van der Waals surface area contributed by atoms with Gasteiger partial charge in [0.2, 0.25) is 6.10 Å². The normalized spacial score (nSPS) is 11.6. The molecule has 0 aliphatic rings. The van der Waals surface area contributed by atoms with Gasteiger partial charge in [0, 0.05) is 27.7 Å². The molecule has 1 heterocycles. The number of esters is 1. The van der Waals surface area contributed by atoms with Crippen LogP contribution in [0, 0.1) is 10.1 Å². The van der Waals surface area contributed by atoms with Gasteiger partial charge in [-0.05, 0) is 40.2 Å². The number of nitrogens with one attached hydrogen (secondary N) is 1. The van der Waals surface area contributed by atoms with Gasteiger partial charge in [-0.25, -0.2) is 9.78 Å². The summed E-state index contributed by atoms with van der Waals surface area (Å²) < 4.78 is 7.10. The lowest BCUT2D eigenvalue weighted by atomic mass is 10.1. The number of non-ortho nitro benzene ring substituents is 1. The molecule has 1 atom stereocenters. The number of carbonyl (C=O) groups excluding carboxylic acids is 2. The highest BCUT2D eigenvalue weighted by Gasteiger charge is 2.28. The van der Waals surface area contributed by atoms with Crippen LogP contribution in [0.2, 0.25) is 0 Å². The molecule has 4 aromatic carbocycles. The first-order valence-corrected chi connectivity index (χ1v) is 13.0. The van der Waals surface area contributed by atoms with Crippen LogP contribution in [-0.4, -0.2) is 21.8 Å². The number of anilines is 1. The number of aromatic nitrogens is 1. The summed E-state index contributed by atoms with van der Waals surface area (Å²) in [5.74, 6) is -1.30. The summed E-state index contributed by atoms with van der Waals surface area (Å²) in [6, 6.07) is 27.3. The number of ether oxygens (including phenoxy) is 1. The minimum atomic E-state index is -1.28. The zero-order chi connectivity index (χ0) is 26.6. The SMILES string of the molecule is O=C(OC(C(=O)Nc1ccc([N+](=O)[O-])cc1Br)c1ccccc1)c1ccccc1-c1nc2ccccc2s1. The summed E-state index contributed by atoms with van der Waals surface area (Å²) in [6.07, 6.45) is -1.28. The second-order valence-corrected chi connectivity index (χ2v) is 10.0. The van der Waals surface area contributed by atoms with Gasteiger partial charge in [0.05, 0.1) is 26.4 Å². The van der Waals surface area contributed by atoms with E-state index in [1.54, 1.807) is 48.5 Å². The molecule has 0 bridgehead atoms.